The number of rotatable bonds is 3. The van der Waals surface area contributed by atoms with Crippen molar-refractivity contribution < 1.29 is 9.47 Å². The van der Waals surface area contributed by atoms with Gasteiger partial charge in [-0.3, -0.25) is 0 Å². The Morgan fingerprint density at radius 1 is 0.857 bits per heavy atom. The van der Waals surface area contributed by atoms with Crippen molar-refractivity contribution in [2.75, 3.05) is 0 Å². The largest absolute Gasteiger partial charge is 0.497 e. The molecule has 2 heterocycles. The van der Waals surface area contributed by atoms with Crippen molar-refractivity contribution in [1.29, 1.82) is 0 Å². The predicted molar refractivity (Wildman–Crippen MR) is 62.1 cm³/mol. The van der Waals surface area contributed by atoms with E-state index in [2.05, 4.69) is 26.0 Å². The third-order valence-corrected chi connectivity index (χ3v) is 5.63. The van der Waals surface area contributed by atoms with E-state index < -0.39 is 0 Å². The van der Waals surface area contributed by atoms with Gasteiger partial charge in [-0.05, 0) is 26.0 Å². The Hall–Kier alpha value is -0.220. The van der Waals surface area contributed by atoms with Gasteiger partial charge in [0.25, 0.3) is 0 Å². The lowest BCUT2D eigenvalue weighted by atomic mass is 10.3. The summed E-state index contributed by atoms with van der Waals surface area (Å²) in [5.74, 6) is 0. The molecule has 2 nitrogen and oxygen atoms in total. The first-order valence-electron chi connectivity index (χ1n) is 4.74. The Kier molecular flexibility index (Phi) is 3.34. The van der Waals surface area contributed by atoms with Gasteiger partial charge in [-0.1, -0.05) is 21.6 Å². The topological polar surface area (TPSA) is 18.5 Å². The van der Waals surface area contributed by atoms with E-state index in [4.69, 9.17) is 9.47 Å². The monoisotopic (exact) mass is 230 g/mol. The van der Waals surface area contributed by atoms with Gasteiger partial charge in [-0.2, -0.15) is 0 Å². The summed E-state index contributed by atoms with van der Waals surface area (Å²) in [6.07, 6.45) is 8.43. The average Bonchev–Trinajstić information content (AvgIpc) is 2.72. The molecule has 4 atom stereocenters. The summed E-state index contributed by atoms with van der Waals surface area (Å²) < 4.78 is 10.7. The Labute approximate surface area is 92.5 Å². The molecule has 78 valence electrons. The molecule has 0 aromatic rings. The normalized spacial score (nSPS) is 39.9. The third-order valence-electron chi connectivity index (χ3n) is 2.33. The Bertz CT molecular complexity index is 227. The van der Waals surface area contributed by atoms with E-state index in [1.54, 1.807) is 12.5 Å². The molecule has 0 aromatic heterocycles. The zero-order valence-electron chi connectivity index (χ0n) is 8.25. The van der Waals surface area contributed by atoms with Crippen molar-refractivity contribution in [3.8, 4) is 0 Å². The molecule has 2 aliphatic heterocycles. The van der Waals surface area contributed by atoms with E-state index in [9.17, 15) is 0 Å². The minimum Gasteiger partial charge on any atom is -0.497 e. The van der Waals surface area contributed by atoms with E-state index in [1.807, 2.05) is 21.6 Å². The molecule has 4 unspecified atom stereocenters. The fourth-order valence-electron chi connectivity index (χ4n) is 1.31. The highest BCUT2D eigenvalue weighted by Gasteiger charge is 2.26. The highest BCUT2D eigenvalue weighted by Crippen LogP contribution is 2.39. The van der Waals surface area contributed by atoms with Crippen LogP contribution in [0.3, 0.4) is 0 Å². The van der Waals surface area contributed by atoms with Crippen LogP contribution in [0.5, 0.6) is 0 Å². The van der Waals surface area contributed by atoms with Crippen LogP contribution >= 0.6 is 21.6 Å². The number of hydrogen-bond donors (Lipinski definition) is 0. The molecule has 0 bridgehead atoms. The highest BCUT2D eigenvalue weighted by atomic mass is 33.1. The molecule has 0 spiro atoms. The second kappa shape index (κ2) is 4.53. The van der Waals surface area contributed by atoms with Crippen molar-refractivity contribution in [2.24, 2.45) is 0 Å². The molecule has 4 heteroatoms. The van der Waals surface area contributed by atoms with Crippen LogP contribution in [0.2, 0.25) is 0 Å². The van der Waals surface area contributed by atoms with Gasteiger partial charge in [0.05, 0.1) is 23.0 Å². The van der Waals surface area contributed by atoms with Crippen LogP contribution in [0.1, 0.15) is 13.8 Å². The first kappa shape index (κ1) is 10.3. The van der Waals surface area contributed by atoms with E-state index in [-0.39, 0.29) is 0 Å². The maximum absolute atomic E-state index is 5.34. The fraction of sp³-hybridized carbons (Fsp3) is 0.600. The molecule has 2 aliphatic rings. The second-order valence-electron chi connectivity index (χ2n) is 3.46. The summed E-state index contributed by atoms with van der Waals surface area (Å²) in [5, 5.41) is 0.947. The lowest BCUT2D eigenvalue weighted by Gasteiger charge is -2.17. The van der Waals surface area contributed by atoms with Gasteiger partial charge < -0.3 is 9.47 Å². The Morgan fingerprint density at radius 2 is 1.29 bits per heavy atom. The zero-order chi connectivity index (χ0) is 9.97. The first-order valence-corrected chi connectivity index (χ1v) is 7.01. The fourth-order valence-corrected chi connectivity index (χ4v) is 4.36. The first-order chi connectivity index (χ1) is 6.77. The summed E-state index contributed by atoms with van der Waals surface area (Å²) in [4.78, 5) is 0. The maximum Gasteiger partial charge on any atom is 0.111 e. The van der Waals surface area contributed by atoms with Crippen LogP contribution in [0.4, 0.5) is 0 Å². The van der Waals surface area contributed by atoms with Gasteiger partial charge in [0, 0.05) is 0 Å². The molecule has 2 rings (SSSR count). The molecular weight excluding hydrogens is 216 g/mol. The smallest absolute Gasteiger partial charge is 0.111 e. The van der Waals surface area contributed by atoms with Gasteiger partial charge in [0.15, 0.2) is 0 Å². The predicted octanol–water partition coefficient (Wildman–Crippen LogP) is 2.97. The third kappa shape index (κ3) is 2.23. The molecule has 0 amide bonds. The quantitative estimate of drug-likeness (QED) is 0.694. The zero-order valence-corrected chi connectivity index (χ0v) is 9.88. The molecule has 0 aromatic carbocycles. The standard InChI is InChI=1S/C10H14O2S2/c1-7-9(3-5-11-7)13-14-10-4-6-12-8(10)2/h3-10H,1-2H3. The van der Waals surface area contributed by atoms with Crippen molar-refractivity contribution >= 4 is 21.6 Å². The minimum atomic E-state index is 0.300. The van der Waals surface area contributed by atoms with E-state index in [1.165, 1.54) is 0 Å². The Balaban J connectivity index is 1.76. The summed E-state index contributed by atoms with van der Waals surface area (Å²) >= 11 is 0. The summed E-state index contributed by atoms with van der Waals surface area (Å²) in [7, 11) is 3.73. The second-order valence-corrected chi connectivity index (χ2v) is 6.09. The van der Waals surface area contributed by atoms with Crippen molar-refractivity contribution in [1.82, 2.24) is 0 Å². The highest BCUT2D eigenvalue weighted by molar-refractivity contribution is 8.77. The molecule has 0 saturated carbocycles. The van der Waals surface area contributed by atoms with Gasteiger partial charge in [-0.15, -0.1) is 0 Å². The lowest BCUT2D eigenvalue weighted by Crippen LogP contribution is -2.16. The lowest BCUT2D eigenvalue weighted by molar-refractivity contribution is 0.192. The van der Waals surface area contributed by atoms with Crippen molar-refractivity contribution in [3.63, 3.8) is 0 Å². The van der Waals surface area contributed by atoms with Crippen LogP contribution in [0, 0.1) is 0 Å². The van der Waals surface area contributed by atoms with Crippen LogP contribution < -0.4 is 0 Å². The van der Waals surface area contributed by atoms with Gasteiger partial charge in [0.1, 0.15) is 12.2 Å². The maximum atomic E-state index is 5.34. The molecule has 0 saturated heterocycles. The molecule has 14 heavy (non-hydrogen) atoms. The van der Waals surface area contributed by atoms with E-state index in [0.717, 1.165) is 0 Å². The van der Waals surface area contributed by atoms with Gasteiger partial charge >= 0.3 is 0 Å². The summed E-state index contributed by atoms with van der Waals surface area (Å²) in [6.45, 7) is 4.20. The van der Waals surface area contributed by atoms with E-state index >= 15 is 0 Å². The van der Waals surface area contributed by atoms with Crippen LogP contribution in [-0.2, 0) is 9.47 Å². The molecule has 0 N–H and O–H groups in total. The van der Waals surface area contributed by atoms with Crippen molar-refractivity contribution in [3.05, 3.63) is 24.7 Å². The van der Waals surface area contributed by atoms with E-state index in [0.29, 0.717) is 22.7 Å². The number of hydrogen-bond acceptors (Lipinski definition) is 4. The number of ether oxygens (including phenoxy) is 2. The van der Waals surface area contributed by atoms with Crippen LogP contribution in [0.25, 0.3) is 0 Å². The van der Waals surface area contributed by atoms with Gasteiger partial charge in [-0.25, -0.2) is 0 Å². The molecular formula is C10H14O2S2. The van der Waals surface area contributed by atoms with Gasteiger partial charge in [0.2, 0.25) is 0 Å². The minimum absolute atomic E-state index is 0.300. The molecule has 0 fully saturated rings. The van der Waals surface area contributed by atoms with Crippen molar-refractivity contribution in [2.45, 2.75) is 36.6 Å². The van der Waals surface area contributed by atoms with Crippen LogP contribution in [-0.4, -0.2) is 22.7 Å². The Morgan fingerprint density at radius 3 is 1.57 bits per heavy atom. The molecule has 0 radical (unpaired) electrons. The molecule has 0 aliphatic carbocycles. The van der Waals surface area contributed by atoms with Crippen LogP contribution in [0.15, 0.2) is 24.7 Å². The average molecular weight is 230 g/mol. The summed E-state index contributed by atoms with van der Waals surface area (Å²) in [5.41, 5.74) is 0. The SMILES string of the molecule is CC1OC=CC1SSC1C=COC1C. The summed E-state index contributed by atoms with van der Waals surface area (Å²) in [6, 6.07) is 0.